The number of aliphatic imine (C=N–C) groups is 1. The Labute approximate surface area is 152 Å². The number of pyridine rings is 1. The lowest BCUT2D eigenvalue weighted by atomic mass is 9.96. The first-order valence-electron chi connectivity index (χ1n) is 8.85. The van der Waals surface area contributed by atoms with Gasteiger partial charge in [-0.25, -0.2) is 4.39 Å². The monoisotopic (exact) mass is 345 g/mol. The van der Waals surface area contributed by atoms with Gasteiger partial charge in [0.2, 0.25) is 0 Å². The third kappa shape index (κ3) is 3.64. The minimum Gasteiger partial charge on any atom is -0.344 e. The highest BCUT2D eigenvalue weighted by molar-refractivity contribution is 6.15. The molecule has 1 aliphatic heterocycles. The Kier molecular flexibility index (Phi) is 4.73. The van der Waals surface area contributed by atoms with Gasteiger partial charge in [0, 0.05) is 42.9 Å². The largest absolute Gasteiger partial charge is 0.344 e. The van der Waals surface area contributed by atoms with Gasteiger partial charge < -0.3 is 4.57 Å². The first-order valence-corrected chi connectivity index (χ1v) is 8.85. The molecule has 1 aliphatic rings. The van der Waals surface area contributed by atoms with Gasteiger partial charge >= 0.3 is 0 Å². The molecule has 1 aromatic carbocycles. The van der Waals surface area contributed by atoms with Gasteiger partial charge in [-0.2, -0.15) is 0 Å². The van der Waals surface area contributed by atoms with Gasteiger partial charge in [-0.05, 0) is 66.5 Å². The van der Waals surface area contributed by atoms with Crippen molar-refractivity contribution in [3.05, 3.63) is 95.3 Å². The van der Waals surface area contributed by atoms with Crippen LogP contribution in [0.1, 0.15) is 29.7 Å². The highest BCUT2D eigenvalue weighted by Crippen LogP contribution is 2.22. The van der Waals surface area contributed by atoms with Crippen LogP contribution in [-0.2, 0) is 6.54 Å². The highest BCUT2D eigenvalue weighted by atomic mass is 19.1. The molecule has 4 heteroatoms. The van der Waals surface area contributed by atoms with Crippen molar-refractivity contribution in [2.75, 3.05) is 6.54 Å². The summed E-state index contributed by atoms with van der Waals surface area (Å²) < 4.78 is 15.3. The van der Waals surface area contributed by atoms with E-state index in [4.69, 9.17) is 4.99 Å². The second-order valence-electron chi connectivity index (χ2n) is 6.43. The Hall–Kier alpha value is -3.01. The first-order chi connectivity index (χ1) is 12.8. The maximum absolute atomic E-state index is 13.1. The minimum atomic E-state index is -0.205. The quantitative estimate of drug-likeness (QED) is 0.672. The SMILES string of the molecule is Fc1ccc(Cn2cccc2C=C2CCCN=C2c2cccnc2)cc1. The van der Waals surface area contributed by atoms with E-state index in [1.54, 1.807) is 6.20 Å². The maximum Gasteiger partial charge on any atom is 0.123 e. The lowest BCUT2D eigenvalue weighted by molar-refractivity contribution is 0.626. The second-order valence-corrected chi connectivity index (χ2v) is 6.43. The van der Waals surface area contributed by atoms with Crippen LogP contribution < -0.4 is 0 Å². The van der Waals surface area contributed by atoms with E-state index in [-0.39, 0.29) is 5.82 Å². The Morgan fingerprint density at radius 3 is 2.77 bits per heavy atom. The number of hydrogen-bond acceptors (Lipinski definition) is 2. The normalized spacial score (nSPS) is 15.9. The van der Waals surface area contributed by atoms with E-state index in [0.29, 0.717) is 6.54 Å². The number of nitrogens with zero attached hydrogens (tertiary/aromatic N) is 3. The van der Waals surface area contributed by atoms with E-state index < -0.39 is 0 Å². The summed E-state index contributed by atoms with van der Waals surface area (Å²) in [6, 6.07) is 14.8. The summed E-state index contributed by atoms with van der Waals surface area (Å²) in [5.74, 6) is -0.205. The van der Waals surface area contributed by atoms with Crippen molar-refractivity contribution in [3.63, 3.8) is 0 Å². The minimum absolute atomic E-state index is 0.205. The van der Waals surface area contributed by atoms with Gasteiger partial charge in [-0.3, -0.25) is 9.98 Å². The lowest BCUT2D eigenvalue weighted by Gasteiger charge is -2.17. The molecule has 26 heavy (non-hydrogen) atoms. The van der Waals surface area contributed by atoms with Gasteiger partial charge in [0.25, 0.3) is 0 Å². The molecule has 3 nitrogen and oxygen atoms in total. The summed E-state index contributed by atoms with van der Waals surface area (Å²) in [6.45, 7) is 1.57. The van der Waals surface area contributed by atoms with Gasteiger partial charge in [0.15, 0.2) is 0 Å². The summed E-state index contributed by atoms with van der Waals surface area (Å²) in [5, 5.41) is 0. The van der Waals surface area contributed by atoms with Gasteiger partial charge in [0.1, 0.15) is 5.82 Å². The molecule has 0 N–H and O–H groups in total. The van der Waals surface area contributed by atoms with Crippen molar-refractivity contribution < 1.29 is 4.39 Å². The summed E-state index contributed by atoms with van der Waals surface area (Å²) in [5.41, 5.74) is 5.55. The van der Waals surface area contributed by atoms with Gasteiger partial charge in [0.05, 0.1) is 5.71 Å². The number of benzene rings is 1. The predicted molar refractivity (Wildman–Crippen MR) is 103 cm³/mol. The number of rotatable bonds is 4. The van der Waals surface area contributed by atoms with Crippen LogP contribution >= 0.6 is 0 Å². The zero-order valence-electron chi connectivity index (χ0n) is 14.5. The van der Waals surface area contributed by atoms with Crippen molar-refractivity contribution in [3.8, 4) is 0 Å². The molecule has 0 fully saturated rings. The maximum atomic E-state index is 13.1. The van der Waals surface area contributed by atoms with Crippen LogP contribution in [0.2, 0.25) is 0 Å². The third-order valence-corrected chi connectivity index (χ3v) is 4.57. The molecule has 0 radical (unpaired) electrons. The van der Waals surface area contributed by atoms with E-state index in [1.165, 1.54) is 17.7 Å². The van der Waals surface area contributed by atoms with E-state index in [9.17, 15) is 4.39 Å². The summed E-state index contributed by atoms with van der Waals surface area (Å²) in [7, 11) is 0. The van der Waals surface area contributed by atoms with Crippen molar-refractivity contribution in [2.45, 2.75) is 19.4 Å². The van der Waals surface area contributed by atoms with E-state index in [0.717, 1.165) is 41.9 Å². The zero-order valence-corrected chi connectivity index (χ0v) is 14.5. The van der Waals surface area contributed by atoms with Crippen molar-refractivity contribution in [1.29, 1.82) is 0 Å². The smallest absolute Gasteiger partial charge is 0.123 e. The molecule has 0 aliphatic carbocycles. The third-order valence-electron chi connectivity index (χ3n) is 4.57. The molecule has 0 saturated carbocycles. The molecule has 0 spiro atoms. The zero-order chi connectivity index (χ0) is 17.8. The van der Waals surface area contributed by atoms with Crippen molar-refractivity contribution >= 4 is 11.8 Å². The molecule has 4 rings (SSSR count). The molecule has 0 bridgehead atoms. The van der Waals surface area contributed by atoms with E-state index in [1.807, 2.05) is 30.5 Å². The Bertz CT molecular complexity index is 937. The van der Waals surface area contributed by atoms with E-state index >= 15 is 0 Å². The number of hydrogen-bond donors (Lipinski definition) is 0. The van der Waals surface area contributed by atoms with Crippen LogP contribution in [0.4, 0.5) is 4.39 Å². The molecule has 0 unspecified atom stereocenters. The standard InChI is InChI=1S/C22H20FN3/c23-20-9-7-17(8-10-20)16-26-13-3-6-21(26)14-18-4-2-12-25-22(18)19-5-1-11-24-15-19/h1,3,5-11,13-15H,2,4,12,16H2. The first kappa shape index (κ1) is 16.5. The van der Waals surface area contributed by atoms with Crippen LogP contribution in [0, 0.1) is 5.82 Å². The van der Waals surface area contributed by atoms with Crippen LogP contribution in [0.3, 0.4) is 0 Å². The van der Waals surface area contributed by atoms with Crippen LogP contribution in [0.15, 0.2) is 77.7 Å². The molecule has 2 aromatic heterocycles. The van der Waals surface area contributed by atoms with Crippen LogP contribution in [0.25, 0.3) is 6.08 Å². The van der Waals surface area contributed by atoms with Crippen molar-refractivity contribution in [1.82, 2.24) is 9.55 Å². The van der Waals surface area contributed by atoms with E-state index in [2.05, 4.69) is 34.0 Å². The molecular formula is C22H20FN3. The van der Waals surface area contributed by atoms with Gasteiger partial charge in [-0.15, -0.1) is 0 Å². The summed E-state index contributed by atoms with van der Waals surface area (Å²) in [6.07, 6.45) is 10.00. The molecule has 3 heterocycles. The molecule has 0 saturated heterocycles. The number of allylic oxidation sites excluding steroid dienone is 1. The fourth-order valence-electron chi connectivity index (χ4n) is 3.27. The Balaban J connectivity index is 1.63. The fourth-order valence-corrected chi connectivity index (χ4v) is 3.27. The molecular weight excluding hydrogens is 325 g/mol. The average molecular weight is 345 g/mol. The molecule has 130 valence electrons. The topological polar surface area (TPSA) is 30.2 Å². The van der Waals surface area contributed by atoms with Crippen LogP contribution in [0.5, 0.6) is 0 Å². The lowest BCUT2D eigenvalue weighted by Crippen LogP contribution is -2.12. The summed E-state index contributed by atoms with van der Waals surface area (Å²) in [4.78, 5) is 8.97. The fraction of sp³-hybridized carbons (Fsp3) is 0.182. The number of halogens is 1. The highest BCUT2D eigenvalue weighted by Gasteiger charge is 2.15. The predicted octanol–water partition coefficient (Wildman–Crippen LogP) is 4.74. The van der Waals surface area contributed by atoms with Crippen molar-refractivity contribution in [2.24, 2.45) is 4.99 Å². The summed E-state index contributed by atoms with van der Waals surface area (Å²) >= 11 is 0. The molecule has 0 atom stereocenters. The average Bonchev–Trinajstić information content (AvgIpc) is 3.11. The molecule has 3 aromatic rings. The van der Waals surface area contributed by atoms with Crippen LogP contribution in [-0.4, -0.2) is 21.8 Å². The number of aromatic nitrogens is 2. The van der Waals surface area contributed by atoms with Gasteiger partial charge in [-0.1, -0.05) is 12.1 Å². The second kappa shape index (κ2) is 7.48. The Morgan fingerprint density at radius 1 is 1.08 bits per heavy atom. The molecule has 0 amide bonds. The Morgan fingerprint density at radius 2 is 1.96 bits per heavy atom.